The van der Waals surface area contributed by atoms with Crippen LogP contribution >= 0.6 is 11.6 Å². The van der Waals surface area contributed by atoms with Gasteiger partial charge in [-0.15, -0.1) is 0 Å². The number of aryl methyl sites for hydroxylation is 1. The SMILES string of the molecule is Cc1c(C(N)c2ccc(Cl)cc2F)cnn1C. The van der Waals surface area contributed by atoms with Crippen LogP contribution in [0.4, 0.5) is 4.39 Å². The summed E-state index contributed by atoms with van der Waals surface area (Å²) in [6.07, 6.45) is 1.66. The third-order valence-corrected chi connectivity index (χ3v) is 3.14. The fourth-order valence-corrected chi connectivity index (χ4v) is 1.90. The minimum Gasteiger partial charge on any atom is -0.320 e. The van der Waals surface area contributed by atoms with Gasteiger partial charge in [-0.3, -0.25) is 4.68 Å². The van der Waals surface area contributed by atoms with Crippen LogP contribution in [0.5, 0.6) is 0 Å². The molecule has 0 aliphatic heterocycles. The van der Waals surface area contributed by atoms with E-state index in [1.165, 1.54) is 6.07 Å². The summed E-state index contributed by atoms with van der Waals surface area (Å²) in [6, 6.07) is 3.98. The number of rotatable bonds is 2. The molecule has 2 N–H and O–H groups in total. The lowest BCUT2D eigenvalue weighted by atomic mass is 10.00. The third-order valence-electron chi connectivity index (χ3n) is 2.91. The maximum absolute atomic E-state index is 13.7. The molecule has 0 saturated heterocycles. The van der Waals surface area contributed by atoms with Gasteiger partial charge in [-0.2, -0.15) is 5.10 Å². The minimum absolute atomic E-state index is 0.362. The fourth-order valence-electron chi connectivity index (χ4n) is 1.74. The number of hydrogen-bond donors (Lipinski definition) is 1. The van der Waals surface area contributed by atoms with E-state index in [9.17, 15) is 4.39 Å². The molecule has 5 heteroatoms. The van der Waals surface area contributed by atoms with Crippen molar-refractivity contribution in [3.8, 4) is 0 Å². The Bertz CT molecular complexity index is 551. The number of aromatic nitrogens is 2. The van der Waals surface area contributed by atoms with E-state index in [2.05, 4.69) is 5.10 Å². The molecule has 1 heterocycles. The number of nitrogens with zero attached hydrogens (tertiary/aromatic N) is 2. The lowest BCUT2D eigenvalue weighted by molar-refractivity contribution is 0.599. The first kappa shape index (κ1) is 12.1. The van der Waals surface area contributed by atoms with Gasteiger partial charge < -0.3 is 5.73 Å². The standard InChI is InChI=1S/C12H13ClFN3/c1-7-10(6-16-17(7)2)12(15)9-4-3-8(13)5-11(9)14/h3-6,12H,15H2,1-2H3. The summed E-state index contributed by atoms with van der Waals surface area (Å²) in [5.74, 6) is -0.395. The molecule has 0 radical (unpaired) electrons. The van der Waals surface area contributed by atoms with Crippen molar-refractivity contribution in [3.63, 3.8) is 0 Å². The van der Waals surface area contributed by atoms with E-state index in [-0.39, 0.29) is 0 Å². The Kier molecular flexibility index (Phi) is 3.17. The monoisotopic (exact) mass is 253 g/mol. The molecule has 0 amide bonds. The first-order valence-corrected chi connectivity index (χ1v) is 5.57. The quantitative estimate of drug-likeness (QED) is 0.894. The summed E-state index contributed by atoms with van der Waals surface area (Å²) in [4.78, 5) is 0. The molecule has 3 nitrogen and oxygen atoms in total. The number of nitrogens with two attached hydrogens (primary N) is 1. The predicted octanol–water partition coefficient (Wildman–Crippen LogP) is 2.57. The van der Waals surface area contributed by atoms with Crippen LogP contribution in [0.3, 0.4) is 0 Å². The first-order chi connectivity index (χ1) is 8.00. The van der Waals surface area contributed by atoms with Gasteiger partial charge in [0, 0.05) is 28.9 Å². The second kappa shape index (κ2) is 4.47. The molecule has 1 aromatic carbocycles. The summed E-state index contributed by atoms with van der Waals surface area (Å²) in [6.45, 7) is 1.90. The molecule has 17 heavy (non-hydrogen) atoms. The van der Waals surface area contributed by atoms with Crippen LogP contribution in [0.15, 0.2) is 24.4 Å². The zero-order valence-electron chi connectivity index (χ0n) is 9.61. The van der Waals surface area contributed by atoms with Gasteiger partial charge in [0.05, 0.1) is 12.2 Å². The molecule has 0 saturated carbocycles. The van der Waals surface area contributed by atoms with Gasteiger partial charge in [0.15, 0.2) is 0 Å². The van der Waals surface area contributed by atoms with Crippen molar-refractivity contribution in [3.05, 3.63) is 52.1 Å². The summed E-state index contributed by atoms with van der Waals surface area (Å²) in [7, 11) is 1.82. The van der Waals surface area contributed by atoms with E-state index in [1.54, 1.807) is 23.0 Å². The molecule has 2 rings (SSSR count). The summed E-state index contributed by atoms with van der Waals surface area (Å²) in [5, 5.41) is 4.46. The summed E-state index contributed by atoms with van der Waals surface area (Å²) >= 11 is 5.71. The van der Waals surface area contributed by atoms with E-state index >= 15 is 0 Å². The van der Waals surface area contributed by atoms with Crippen LogP contribution in [-0.2, 0) is 7.05 Å². The molecule has 1 unspecified atom stereocenters. The van der Waals surface area contributed by atoms with Crippen LogP contribution in [-0.4, -0.2) is 9.78 Å². The van der Waals surface area contributed by atoms with Crippen molar-refractivity contribution < 1.29 is 4.39 Å². The summed E-state index contributed by atoms with van der Waals surface area (Å²) in [5.41, 5.74) is 8.20. The van der Waals surface area contributed by atoms with Crippen LogP contribution in [0.2, 0.25) is 5.02 Å². The first-order valence-electron chi connectivity index (χ1n) is 5.19. The van der Waals surface area contributed by atoms with Gasteiger partial charge >= 0.3 is 0 Å². The van der Waals surface area contributed by atoms with Crippen molar-refractivity contribution in [2.45, 2.75) is 13.0 Å². The lowest BCUT2D eigenvalue weighted by Crippen LogP contribution is -2.14. The van der Waals surface area contributed by atoms with E-state index in [4.69, 9.17) is 17.3 Å². The Labute approximate surface area is 104 Å². The second-order valence-corrected chi connectivity index (χ2v) is 4.39. The molecule has 0 spiro atoms. The number of halogens is 2. The van der Waals surface area contributed by atoms with Gasteiger partial charge in [-0.25, -0.2) is 4.39 Å². The molecule has 1 atom stereocenters. The molecular weight excluding hydrogens is 241 g/mol. The molecule has 0 fully saturated rings. The van der Waals surface area contributed by atoms with Crippen LogP contribution in [0.1, 0.15) is 22.9 Å². The highest BCUT2D eigenvalue weighted by molar-refractivity contribution is 6.30. The predicted molar refractivity (Wildman–Crippen MR) is 65.4 cm³/mol. The molecule has 1 aromatic heterocycles. The minimum atomic E-state index is -0.527. The van der Waals surface area contributed by atoms with Gasteiger partial charge in [0.1, 0.15) is 5.82 Å². The Morgan fingerprint density at radius 2 is 2.12 bits per heavy atom. The normalized spacial score (nSPS) is 12.8. The van der Waals surface area contributed by atoms with E-state index in [1.807, 2.05) is 14.0 Å². The molecule has 2 aromatic rings. The Hall–Kier alpha value is -1.39. The van der Waals surface area contributed by atoms with E-state index in [0.717, 1.165) is 11.3 Å². The Morgan fingerprint density at radius 3 is 2.65 bits per heavy atom. The van der Waals surface area contributed by atoms with Crippen molar-refractivity contribution in [2.24, 2.45) is 12.8 Å². The van der Waals surface area contributed by atoms with Crippen LogP contribution in [0, 0.1) is 12.7 Å². The highest BCUT2D eigenvalue weighted by atomic mass is 35.5. The van der Waals surface area contributed by atoms with Gasteiger partial charge in [-0.1, -0.05) is 17.7 Å². The fraction of sp³-hybridized carbons (Fsp3) is 0.250. The molecule has 0 aliphatic carbocycles. The highest BCUT2D eigenvalue weighted by Crippen LogP contribution is 2.25. The van der Waals surface area contributed by atoms with Gasteiger partial charge in [0.2, 0.25) is 0 Å². The van der Waals surface area contributed by atoms with E-state index in [0.29, 0.717) is 10.6 Å². The van der Waals surface area contributed by atoms with Gasteiger partial charge in [-0.05, 0) is 19.1 Å². The molecule has 0 bridgehead atoms. The van der Waals surface area contributed by atoms with Crippen molar-refractivity contribution in [2.75, 3.05) is 0 Å². The van der Waals surface area contributed by atoms with Crippen molar-refractivity contribution >= 4 is 11.6 Å². The number of hydrogen-bond acceptors (Lipinski definition) is 2. The van der Waals surface area contributed by atoms with Crippen LogP contribution in [0.25, 0.3) is 0 Å². The summed E-state index contributed by atoms with van der Waals surface area (Å²) < 4.78 is 15.4. The Balaban J connectivity index is 2.43. The molecule has 90 valence electrons. The maximum Gasteiger partial charge on any atom is 0.129 e. The topological polar surface area (TPSA) is 43.8 Å². The number of benzene rings is 1. The maximum atomic E-state index is 13.7. The van der Waals surface area contributed by atoms with Gasteiger partial charge in [0.25, 0.3) is 0 Å². The zero-order chi connectivity index (χ0) is 12.6. The average molecular weight is 254 g/mol. The third kappa shape index (κ3) is 2.18. The highest BCUT2D eigenvalue weighted by Gasteiger charge is 2.17. The van der Waals surface area contributed by atoms with Crippen molar-refractivity contribution in [1.29, 1.82) is 0 Å². The zero-order valence-corrected chi connectivity index (χ0v) is 10.4. The largest absolute Gasteiger partial charge is 0.320 e. The Morgan fingerprint density at radius 1 is 1.41 bits per heavy atom. The second-order valence-electron chi connectivity index (χ2n) is 3.95. The van der Waals surface area contributed by atoms with E-state index < -0.39 is 11.9 Å². The van der Waals surface area contributed by atoms with Crippen molar-refractivity contribution in [1.82, 2.24) is 9.78 Å². The average Bonchev–Trinajstić information content (AvgIpc) is 2.59. The molecular formula is C12H13ClFN3. The lowest BCUT2D eigenvalue weighted by Gasteiger charge is -2.13. The van der Waals surface area contributed by atoms with Crippen LogP contribution < -0.4 is 5.73 Å². The smallest absolute Gasteiger partial charge is 0.129 e. The molecule has 0 aliphatic rings.